The fraction of sp³-hybridized carbons (Fsp3) is 0.0952. The van der Waals surface area contributed by atoms with Crippen LogP contribution in [0, 0.1) is 0 Å². The molecule has 1 aliphatic rings. The molecule has 3 amide bonds. The van der Waals surface area contributed by atoms with Gasteiger partial charge in [-0.25, -0.2) is 0 Å². The van der Waals surface area contributed by atoms with Gasteiger partial charge in [0, 0.05) is 0 Å². The fourth-order valence-corrected chi connectivity index (χ4v) is 3.14. The highest BCUT2D eigenvalue weighted by atomic mass is 16.5. The number of imide groups is 1. The van der Waals surface area contributed by atoms with Crippen molar-refractivity contribution in [3.63, 3.8) is 0 Å². The predicted molar refractivity (Wildman–Crippen MR) is 100 cm³/mol. The van der Waals surface area contributed by atoms with E-state index in [0.29, 0.717) is 22.6 Å². The van der Waals surface area contributed by atoms with Crippen LogP contribution in [-0.4, -0.2) is 36.4 Å². The molecular formula is C21H16N2O5. The highest BCUT2D eigenvalue weighted by Gasteiger charge is 2.38. The Bertz CT molecular complexity index is 1020. The smallest absolute Gasteiger partial charge is 0.295 e. The summed E-state index contributed by atoms with van der Waals surface area (Å²) in [4.78, 5) is 40.9. The highest BCUT2D eigenvalue weighted by molar-refractivity contribution is 6.22. The second-order valence-electron chi connectivity index (χ2n) is 6.11. The largest absolute Gasteiger partial charge is 0.495 e. The molecule has 2 aromatic carbocycles. The average Bonchev–Trinajstić information content (AvgIpc) is 3.35. The SMILES string of the molecule is COc1ccccc1N(CN1C(=O)c2ccccc2C1=O)C(=O)c1ccco1. The van der Waals surface area contributed by atoms with Gasteiger partial charge in [-0.1, -0.05) is 24.3 Å². The molecule has 0 radical (unpaired) electrons. The van der Waals surface area contributed by atoms with Crippen LogP contribution >= 0.6 is 0 Å². The number of rotatable bonds is 5. The maximum Gasteiger partial charge on any atom is 0.295 e. The summed E-state index contributed by atoms with van der Waals surface area (Å²) >= 11 is 0. The summed E-state index contributed by atoms with van der Waals surface area (Å²) in [5, 5.41) is 0. The molecule has 1 aliphatic heterocycles. The van der Waals surface area contributed by atoms with Crippen LogP contribution in [0.1, 0.15) is 31.3 Å². The molecule has 0 saturated carbocycles. The van der Waals surface area contributed by atoms with Crippen molar-refractivity contribution in [3.05, 3.63) is 83.8 Å². The first kappa shape index (κ1) is 17.5. The Labute approximate surface area is 160 Å². The minimum atomic E-state index is -0.494. The molecule has 1 aromatic heterocycles. The fourth-order valence-electron chi connectivity index (χ4n) is 3.14. The maximum atomic E-state index is 13.1. The van der Waals surface area contributed by atoms with E-state index in [9.17, 15) is 14.4 Å². The van der Waals surface area contributed by atoms with E-state index in [1.807, 2.05) is 0 Å². The number of ether oxygens (including phenoxy) is 1. The lowest BCUT2D eigenvalue weighted by Gasteiger charge is -2.27. The number of hydrogen-bond donors (Lipinski definition) is 0. The van der Waals surface area contributed by atoms with Crippen molar-refractivity contribution in [1.29, 1.82) is 0 Å². The molecule has 0 unspecified atom stereocenters. The normalized spacial score (nSPS) is 12.8. The molecule has 0 fully saturated rings. The summed E-state index contributed by atoms with van der Waals surface area (Å²) in [6.45, 7) is -0.272. The number of methoxy groups -OCH3 is 1. The summed E-state index contributed by atoms with van der Waals surface area (Å²) in [5.41, 5.74) is 1.05. The molecule has 0 N–H and O–H groups in total. The first-order valence-corrected chi connectivity index (χ1v) is 8.55. The van der Waals surface area contributed by atoms with Crippen molar-refractivity contribution in [2.45, 2.75) is 0 Å². The number of carbonyl (C=O) groups excluding carboxylic acids is 3. The lowest BCUT2D eigenvalue weighted by atomic mass is 10.1. The number of nitrogens with zero attached hydrogens (tertiary/aromatic N) is 2. The van der Waals surface area contributed by atoms with E-state index in [4.69, 9.17) is 9.15 Å². The number of carbonyl (C=O) groups is 3. The van der Waals surface area contributed by atoms with Crippen molar-refractivity contribution >= 4 is 23.4 Å². The van der Waals surface area contributed by atoms with Crippen LogP contribution in [-0.2, 0) is 0 Å². The minimum absolute atomic E-state index is 0.0857. The second kappa shape index (κ2) is 7.03. The molecule has 2 heterocycles. The molecule has 0 atom stereocenters. The van der Waals surface area contributed by atoms with Crippen molar-refractivity contribution in [2.75, 3.05) is 18.7 Å². The van der Waals surface area contributed by atoms with Gasteiger partial charge in [0.25, 0.3) is 17.7 Å². The standard InChI is InChI=1S/C21H16N2O5/c1-27-17-10-5-4-9-16(17)22(21(26)18-11-6-12-28-18)13-23-19(24)14-7-2-3-8-15(14)20(23)25/h2-12H,13H2,1H3. The number of benzene rings is 2. The Hall–Kier alpha value is -3.87. The Morgan fingerprint density at radius 3 is 2.21 bits per heavy atom. The summed E-state index contributed by atoms with van der Waals surface area (Å²) in [7, 11) is 1.48. The number of para-hydroxylation sites is 2. The molecule has 4 rings (SSSR count). The van der Waals surface area contributed by atoms with E-state index in [2.05, 4.69) is 0 Å². The van der Waals surface area contributed by atoms with Crippen LogP contribution in [0.3, 0.4) is 0 Å². The van der Waals surface area contributed by atoms with E-state index >= 15 is 0 Å². The van der Waals surface area contributed by atoms with Gasteiger partial charge >= 0.3 is 0 Å². The molecule has 3 aromatic rings. The first-order chi connectivity index (χ1) is 13.6. The van der Waals surface area contributed by atoms with Crippen LogP contribution in [0.2, 0.25) is 0 Å². The first-order valence-electron chi connectivity index (χ1n) is 8.55. The zero-order chi connectivity index (χ0) is 19.7. The van der Waals surface area contributed by atoms with Gasteiger partial charge in [-0.3, -0.25) is 24.2 Å². The molecule has 0 bridgehead atoms. The highest BCUT2D eigenvalue weighted by Crippen LogP contribution is 2.31. The van der Waals surface area contributed by atoms with Gasteiger partial charge in [0.1, 0.15) is 12.4 Å². The third-order valence-corrected chi connectivity index (χ3v) is 4.51. The number of amides is 3. The third kappa shape index (κ3) is 2.83. The number of hydrogen-bond acceptors (Lipinski definition) is 5. The van der Waals surface area contributed by atoms with E-state index < -0.39 is 17.7 Å². The van der Waals surface area contributed by atoms with Gasteiger partial charge in [-0.15, -0.1) is 0 Å². The average molecular weight is 376 g/mol. The molecule has 140 valence electrons. The Kier molecular flexibility index (Phi) is 4.41. The monoisotopic (exact) mass is 376 g/mol. The molecular weight excluding hydrogens is 360 g/mol. The van der Waals surface area contributed by atoms with Crippen LogP contribution < -0.4 is 9.64 Å². The number of anilines is 1. The molecule has 28 heavy (non-hydrogen) atoms. The molecule has 0 saturated heterocycles. The Morgan fingerprint density at radius 2 is 1.61 bits per heavy atom. The second-order valence-corrected chi connectivity index (χ2v) is 6.11. The molecule has 0 spiro atoms. The summed E-state index contributed by atoms with van der Waals surface area (Å²) in [5.74, 6) is -0.881. The molecule has 7 nitrogen and oxygen atoms in total. The van der Waals surface area contributed by atoms with Crippen LogP contribution in [0.4, 0.5) is 5.69 Å². The maximum absolute atomic E-state index is 13.1. The van der Waals surface area contributed by atoms with E-state index in [1.54, 1.807) is 54.6 Å². The van der Waals surface area contributed by atoms with Gasteiger partial charge in [0.2, 0.25) is 0 Å². The summed E-state index contributed by atoms with van der Waals surface area (Å²) in [6.07, 6.45) is 1.38. The number of furan rings is 1. The quantitative estimate of drug-likeness (QED) is 0.639. The van der Waals surface area contributed by atoms with Crippen LogP contribution in [0.5, 0.6) is 5.75 Å². The minimum Gasteiger partial charge on any atom is -0.495 e. The van der Waals surface area contributed by atoms with Gasteiger partial charge in [-0.05, 0) is 36.4 Å². The molecule has 7 heteroatoms. The zero-order valence-corrected chi connectivity index (χ0v) is 15.0. The zero-order valence-electron chi connectivity index (χ0n) is 15.0. The van der Waals surface area contributed by atoms with E-state index in [-0.39, 0.29) is 12.4 Å². The Balaban J connectivity index is 1.74. The number of fused-ring (bicyclic) bond motifs is 1. The van der Waals surface area contributed by atoms with E-state index in [1.165, 1.54) is 24.3 Å². The summed E-state index contributed by atoms with van der Waals surface area (Å²) in [6, 6.07) is 16.6. The Morgan fingerprint density at radius 1 is 0.964 bits per heavy atom. The van der Waals surface area contributed by atoms with Gasteiger partial charge in [0.15, 0.2) is 5.76 Å². The van der Waals surface area contributed by atoms with E-state index in [0.717, 1.165) is 4.90 Å². The van der Waals surface area contributed by atoms with Gasteiger partial charge in [-0.2, -0.15) is 0 Å². The van der Waals surface area contributed by atoms with Gasteiger partial charge in [0.05, 0.1) is 30.2 Å². The topological polar surface area (TPSA) is 80.1 Å². The summed E-state index contributed by atoms with van der Waals surface area (Å²) < 4.78 is 10.6. The van der Waals surface area contributed by atoms with Crippen molar-refractivity contribution in [3.8, 4) is 5.75 Å². The van der Waals surface area contributed by atoms with Crippen molar-refractivity contribution < 1.29 is 23.5 Å². The van der Waals surface area contributed by atoms with Crippen molar-refractivity contribution in [1.82, 2.24) is 4.90 Å². The van der Waals surface area contributed by atoms with Crippen LogP contribution in [0.25, 0.3) is 0 Å². The third-order valence-electron chi connectivity index (χ3n) is 4.51. The lowest BCUT2D eigenvalue weighted by Crippen LogP contribution is -2.44. The van der Waals surface area contributed by atoms with Crippen molar-refractivity contribution in [2.24, 2.45) is 0 Å². The van der Waals surface area contributed by atoms with Gasteiger partial charge < -0.3 is 9.15 Å². The lowest BCUT2D eigenvalue weighted by molar-refractivity contribution is 0.0649. The predicted octanol–water partition coefficient (Wildman–Crippen LogP) is 3.19. The van der Waals surface area contributed by atoms with Crippen LogP contribution in [0.15, 0.2) is 71.3 Å². The molecule has 0 aliphatic carbocycles.